The second-order valence-electron chi connectivity index (χ2n) is 7.87. The number of anilines is 2. The molecule has 1 saturated heterocycles. The molecule has 4 rings (SSSR count). The number of nitrogens with one attached hydrogen (secondary N) is 1. The van der Waals surface area contributed by atoms with Gasteiger partial charge < -0.3 is 10.2 Å². The monoisotopic (exact) mass is 381 g/mol. The largest absolute Gasteiger partial charge is 0.369 e. The van der Waals surface area contributed by atoms with Gasteiger partial charge in [-0.3, -0.25) is 15.0 Å². The van der Waals surface area contributed by atoms with Gasteiger partial charge in [-0.2, -0.15) is 0 Å². The molecule has 148 valence electrons. The number of nitro groups is 1. The van der Waals surface area contributed by atoms with E-state index in [4.69, 9.17) is 0 Å². The van der Waals surface area contributed by atoms with Crippen LogP contribution in [0.3, 0.4) is 0 Å². The third-order valence-electron chi connectivity index (χ3n) is 5.62. The van der Waals surface area contributed by atoms with E-state index in [9.17, 15) is 10.1 Å². The number of pyridine rings is 1. The Labute approximate surface area is 165 Å². The lowest BCUT2D eigenvalue weighted by molar-refractivity contribution is -0.385. The molecule has 2 heterocycles. The Morgan fingerprint density at radius 2 is 1.89 bits per heavy atom. The molecule has 7 nitrogen and oxygen atoms in total. The molecule has 1 N–H and O–H groups in total. The first kappa shape index (κ1) is 18.7. The first-order valence-corrected chi connectivity index (χ1v) is 9.99. The number of nitrogens with zero attached hydrogens (tertiary/aromatic N) is 4. The summed E-state index contributed by atoms with van der Waals surface area (Å²) in [6.07, 6.45) is 4.14. The van der Waals surface area contributed by atoms with Gasteiger partial charge in [-0.1, -0.05) is 12.1 Å². The molecule has 7 heteroatoms. The summed E-state index contributed by atoms with van der Waals surface area (Å²) in [6, 6.07) is 10.2. The molecule has 0 atom stereocenters. The molecule has 1 aliphatic heterocycles. The molecule has 1 saturated carbocycles. The Balaban J connectivity index is 1.29. The van der Waals surface area contributed by atoms with Crippen molar-refractivity contribution in [1.82, 2.24) is 9.88 Å². The zero-order valence-electron chi connectivity index (χ0n) is 16.3. The number of hydrogen-bond donors (Lipinski definition) is 1. The van der Waals surface area contributed by atoms with E-state index in [2.05, 4.69) is 44.4 Å². The van der Waals surface area contributed by atoms with E-state index in [0.29, 0.717) is 12.4 Å². The summed E-state index contributed by atoms with van der Waals surface area (Å²) in [5.74, 6) is 1.65. The Hall–Kier alpha value is -2.67. The van der Waals surface area contributed by atoms with E-state index in [1.807, 2.05) is 6.92 Å². The van der Waals surface area contributed by atoms with Crippen LogP contribution >= 0.6 is 0 Å². The molecule has 1 aromatic carbocycles. The van der Waals surface area contributed by atoms with Crippen LogP contribution in [-0.2, 0) is 6.54 Å². The first-order valence-electron chi connectivity index (χ1n) is 9.99. The Bertz CT molecular complexity index is 827. The second kappa shape index (κ2) is 8.14. The highest BCUT2D eigenvalue weighted by Crippen LogP contribution is 2.30. The molecule has 0 amide bonds. The van der Waals surface area contributed by atoms with Gasteiger partial charge in [0.2, 0.25) is 0 Å². The van der Waals surface area contributed by atoms with Gasteiger partial charge in [0.1, 0.15) is 12.0 Å². The zero-order chi connectivity index (χ0) is 19.5. The summed E-state index contributed by atoms with van der Waals surface area (Å²) in [7, 11) is 0. The summed E-state index contributed by atoms with van der Waals surface area (Å²) in [4.78, 5) is 19.6. The SMILES string of the molecule is Cc1cc([N+](=O)[O-])cnc1NCc1ccc(N2CCN(CC3CC3)CC2)cc1. The van der Waals surface area contributed by atoms with E-state index in [-0.39, 0.29) is 5.69 Å². The fourth-order valence-corrected chi connectivity index (χ4v) is 3.71. The minimum Gasteiger partial charge on any atom is -0.369 e. The fraction of sp³-hybridized carbons (Fsp3) is 0.476. The van der Waals surface area contributed by atoms with Crippen LogP contribution in [0.15, 0.2) is 36.5 Å². The minimum atomic E-state index is -0.422. The molecule has 0 unspecified atom stereocenters. The normalized spacial score (nSPS) is 17.5. The molecule has 2 aromatic rings. The Morgan fingerprint density at radius 1 is 1.18 bits per heavy atom. The maximum atomic E-state index is 10.8. The van der Waals surface area contributed by atoms with Gasteiger partial charge in [-0.15, -0.1) is 0 Å². The lowest BCUT2D eigenvalue weighted by atomic mass is 10.1. The number of aryl methyl sites for hydroxylation is 1. The number of benzene rings is 1. The molecule has 1 aliphatic carbocycles. The van der Waals surface area contributed by atoms with E-state index < -0.39 is 4.92 Å². The highest BCUT2D eigenvalue weighted by molar-refractivity contribution is 5.50. The topological polar surface area (TPSA) is 74.5 Å². The Morgan fingerprint density at radius 3 is 2.50 bits per heavy atom. The average molecular weight is 381 g/mol. The lowest BCUT2D eigenvalue weighted by Crippen LogP contribution is -2.47. The smallest absolute Gasteiger partial charge is 0.287 e. The number of hydrogen-bond acceptors (Lipinski definition) is 6. The summed E-state index contributed by atoms with van der Waals surface area (Å²) in [5.41, 5.74) is 3.23. The average Bonchev–Trinajstić information content (AvgIpc) is 3.52. The number of aromatic nitrogens is 1. The number of piperazine rings is 1. The highest BCUT2D eigenvalue weighted by atomic mass is 16.6. The van der Waals surface area contributed by atoms with E-state index in [0.717, 1.165) is 43.2 Å². The molecule has 0 radical (unpaired) electrons. The van der Waals surface area contributed by atoms with Crippen molar-refractivity contribution in [3.8, 4) is 0 Å². The van der Waals surface area contributed by atoms with Crippen molar-refractivity contribution in [2.24, 2.45) is 5.92 Å². The molecule has 0 spiro atoms. The minimum absolute atomic E-state index is 0.0182. The van der Waals surface area contributed by atoms with Crippen molar-refractivity contribution in [2.45, 2.75) is 26.3 Å². The van der Waals surface area contributed by atoms with Crippen LogP contribution in [0, 0.1) is 23.0 Å². The van der Waals surface area contributed by atoms with Crippen molar-refractivity contribution in [2.75, 3.05) is 42.9 Å². The molecule has 1 aromatic heterocycles. The van der Waals surface area contributed by atoms with E-state index >= 15 is 0 Å². The van der Waals surface area contributed by atoms with E-state index in [1.165, 1.54) is 31.3 Å². The van der Waals surface area contributed by atoms with Gasteiger partial charge >= 0.3 is 0 Å². The highest BCUT2D eigenvalue weighted by Gasteiger charge is 2.26. The van der Waals surface area contributed by atoms with Gasteiger partial charge in [0.05, 0.1) is 4.92 Å². The quantitative estimate of drug-likeness (QED) is 0.585. The molecular formula is C21H27N5O2. The van der Waals surface area contributed by atoms with Crippen LogP contribution < -0.4 is 10.2 Å². The van der Waals surface area contributed by atoms with Crippen LogP contribution in [0.4, 0.5) is 17.2 Å². The lowest BCUT2D eigenvalue weighted by Gasteiger charge is -2.36. The van der Waals surface area contributed by atoms with Crippen molar-refractivity contribution in [3.05, 3.63) is 57.8 Å². The molecule has 2 fully saturated rings. The van der Waals surface area contributed by atoms with Crippen LogP contribution in [0.2, 0.25) is 0 Å². The van der Waals surface area contributed by atoms with Crippen LogP contribution in [0.5, 0.6) is 0 Å². The van der Waals surface area contributed by atoms with Crippen molar-refractivity contribution in [1.29, 1.82) is 0 Å². The molecular weight excluding hydrogens is 354 g/mol. The summed E-state index contributed by atoms with van der Waals surface area (Å²) in [5, 5.41) is 14.1. The fourth-order valence-electron chi connectivity index (χ4n) is 3.71. The molecule has 0 bridgehead atoms. The van der Waals surface area contributed by atoms with Gasteiger partial charge in [-0.25, -0.2) is 4.98 Å². The maximum absolute atomic E-state index is 10.8. The van der Waals surface area contributed by atoms with Crippen molar-refractivity contribution in [3.63, 3.8) is 0 Å². The summed E-state index contributed by atoms with van der Waals surface area (Å²) < 4.78 is 0. The third-order valence-corrected chi connectivity index (χ3v) is 5.62. The van der Waals surface area contributed by atoms with Gasteiger partial charge in [0.25, 0.3) is 5.69 Å². The van der Waals surface area contributed by atoms with Gasteiger partial charge in [0, 0.05) is 51.0 Å². The van der Waals surface area contributed by atoms with Crippen molar-refractivity contribution < 1.29 is 4.92 Å². The Kier molecular flexibility index (Phi) is 5.43. The number of rotatable bonds is 7. The summed E-state index contributed by atoms with van der Waals surface area (Å²) >= 11 is 0. The maximum Gasteiger partial charge on any atom is 0.287 e. The predicted octanol–water partition coefficient (Wildman–Crippen LogP) is 3.44. The predicted molar refractivity (Wildman–Crippen MR) is 111 cm³/mol. The van der Waals surface area contributed by atoms with Gasteiger partial charge in [0.15, 0.2) is 0 Å². The van der Waals surface area contributed by atoms with Crippen LogP contribution in [0.1, 0.15) is 24.0 Å². The summed E-state index contributed by atoms with van der Waals surface area (Å²) in [6.45, 7) is 8.26. The van der Waals surface area contributed by atoms with E-state index in [1.54, 1.807) is 6.07 Å². The van der Waals surface area contributed by atoms with Crippen molar-refractivity contribution >= 4 is 17.2 Å². The molecule has 28 heavy (non-hydrogen) atoms. The van der Waals surface area contributed by atoms with Gasteiger partial charge in [-0.05, 0) is 48.9 Å². The third kappa shape index (κ3) is 4.59. The standard InChI is InChI=1S/C21H27N5O2/c1-16-12-20(26(27)28)14-23-21(16)22-13-17-4-6-19(7-5-17)25-10-8-24(9-11-25)15-18-2-3-18/h4-7,12,14,18H,2-3,8-11,13,15H2,1H3,(H,22,23). The zero-order valence-corrected chi connectivity index (χ0v) is 16.3. The van der Waals surface area contributed by atoms with Crippen LogP contribution in [0.25, 0.3) is 0 Å². The van der Waals surface area contributed by atoms with Crippen LogP contribution in [-0.4, -0.2) is 47.5 Å². The molecule has 2 aliphatic rings. The second-order valence-corrected chi connectivity index (χ2v) is 7.87. The first-order chi connectivity index (χ1) is 13.6.